The maximum atomic E-state index is 12.4. The van der Waals surface area contributed by atoms with Crippen LogP contribution in [-0.2, 0) is 4.79 Å². The molecule has 3 unspecified atom stereocenters. The predicted molar refractivity (Wildman–Crippen MR) is 204 cm³/mol. The molecule has 0 spiro atoms. The van der Waals surface area contributed by atoms with Crippen molar-refractivity contribution >= 4 is 5.91 Å². The SMILES string of the molecule is CCCCCCCCCC/C=C\CCCCCCCCCC(=O)NC(CO)C(O)C(O)CCCCCCCCCCCCCCCC. The molecule has 0 saturated heterocycles. The Labute approximate surface area is 293 Å². The first-order valence-electron chi connectivity index (χ1n) is 21.0. The average molecular weight is 666 g/mol. The fraction of sp³-hybridized carbons (Fsp3) is 0.929. The van der Waals surface area contributed by atoms with Gasteiger partial charge in [-0.3, -0.25) is 4.79 Å². The zero-order chi connectivity index (χ0) is 34.5. The number of nitrogens with one attached hydrogen (secondary N) is 1. The van der Waals surface area contributed by atoms with Gasteiger partial charge in [0, 0.05) is 6.42 Å². The highest BCUT2D eigenvalue weighted by molar-refractivity contribution is 5.76. The van der Waals surface area contributed by atoms with E-state index in [0.717, 1.165) is 38.5 Å². The molecule has 0 aliphatic heterocycles. The monoisotopic (exact) mass is 666 g/mol. The highest BCUT2D eigenvalue weighted by Crippen LogP contribution is 2.16. The van der Waals surface area contributed by atoms with Crippen LogP contribution in [0.25, 0.3) is 0 Å². The van der Waals surface area contributed by atoms with Crippen molar-refractivity contribution in [2.75, 3.05) is 6.61 Å². The number of carbonyl (C=O) groups excluding carboxylic acids is 1. The summed E-state index contributed by atoms with van der Waals surface area (Å²) < 4.78 is 0. The lowest BCUT2D eigenvalue weighted by molar-refractivity contribution is -0.124. The molecule has 0 heterocycles. The molecule has 0 rings (SSSR count). The summed E-state index contributed by atoms with van der Waals surface area (Å²) in [5, 5.41) is 33.5. The third-order valence-corrected chi connectivity index (χ3v) is 9.87. The van der Waals surface area contributed by atoms with Crippen molar-refractivity contribution in [3.05, 3.63) is 12.2 Å². The normalized spacial score (nSPS) is 13.7. The highest BCUT2D eigenvalue weighted by Gasteiger charge is 2.26. The Kier molecular flexibility index (Phi) is 37.2. The molecule has 5 heteroatoms. The number of unbranched alkanes of at least 4 members (excludes halogenated alkanes) is 28. The summed E-state index contributed by atoms with van der Waals surface area (Å²) in [5.74, 6) is -0.148. The molecular weight excluding hydrogens is 582 g/mol. The molecule has 0 aromatic carbocycles. The van der Waals surface area contributed by atoms with E-state index in [1.807, 2.05) is 0 Å². The second kappa shape index (κ2) is 37.9. The Hall–Kier alpha value is -0.910. The van der Waals surface area contributed by atoms with E-state index in [4.69, 9.17) is 0 Å². The van der Waals surface area contributed by atoms with Gasteiger partial charge in [0.15, 0.2) is 0 Å². The minimum absolute atomic E-state index is 0.148. The Morgan fingerprint density at radius 1 is 0.511 bits per heavy atom. The van der Waals surface area contributed by atoms with E-state index in [-0.39, 0.29) is 12.5 Å². The molecule has 0 bridgehead atoms. The van der Waals surface area contributed by atoms with Crippen molar-refractivity contribution < 1.29 is 20.1 Å². The lowest BCUT2D eigenvalue weighted by Gasteiger charge is -2.26. The standard InChI is InChI=1S/C42H83NO4/c1-3-5-7-9-11-13-15-17-19-20-21-22-23-25-27-29-31-33-35-37-41(46)43-39(38-44)42(47)40(45)36-34-32-30-28-26-24-18-16-14-12-10-8-6-4-2/h20-21,39-40,42,44-45,47H,3-19,22-38H2,1-2H3,(H,43,46)/b21-20-. The number of aliphatic hydroxyl groups excluding tert-OH is 3. The molecule has 0 radical (unpaired) electrons. The van der Waals surface area contributed by atoms with Crippen LogP contribution in [0.3, 0.4) is 0 Å². The van der Waals surface area contributed by atoms with Gasteiger partial charge in [0.05, 0.1) is 18.8 Å². The van der Waals surface area contributed by atoms with E-state index in [2.05, 4.69) is 31.3 Å². The van der Waals surface area contributed by atoms with Crippen LogP contribution in [0.2, 0.25) is 0 Å². The molecule has 0 aromatic rings. The Balaban J connectivity index is 3.63. The van der Waals surface area contributed by atoms with E-state index in [0.29, 0.717) is 12.8 Å². The van der Waals surface area contributed by atoms with Crippen molar-refractivity contribution in [3.63, 3.8) is 0 Å². The third kappa shape index (κ3) is 33.4. The first-order valence-corrected chi connectivity index (χ1v) is 21.0. The van der Waals surface area contributed by atoms with E-state index < -0.39 is 18.2 Å². The molecule has 5 nitrogen and oxygen atoms in total. The maximum absolute atomic E-state index is 12.4. The van der Waals surface area contributed by atoms with Crippen LogP contribution in [-0.4, -0.2) is 46.1 Å². The minimum atomic E-state index is -1.13. The lowest BCUT2D eigenvalue weighted by Crippen LogP contribution is -2.50. The summed E-state index contributed by atoms with van der Waals surface area (Å²) in [5.41, 5.74) is 0. The summed E-state index contributed by atoms with van der Waals surface area (Å²) in [6.07, 6.45) is 43.1. The van der Waals surface area contributed by atoms with E-state index >= 15 is 0 Å². The van der Waals surface area contributed by atoms with Crippen molar-refractivity contribution in [2.45, 2.75) is 244 Å². The zero-order valence-electron chi connectivity index (χ0n) is 31.7. The van der Waals surface area contributed by atoms with Gasteiger partial charge < -0.3 is 20.6 Å². The van der Waals surface area contributed by atoms with Crippen molar-refractivity contribution in [3.8, 4) is 0 Å². The van der Waals surface area contributed by atoms with Crippen LogP contribution in [0.5, 0.6) is 0 Å². The maximum Gasteiger partial charge on any atom is 0.220 e. The third-order valence-electron chi connectivity index (χ3n) is 9.87. The van der Waals surface area contributed by atoms with Gasteiger partial charge in [0.2, 0.25) is 5.91 Å². The van der Waals surface area contributed by atoms with Gasteiger partial charge in [-0.25, -0.2) is 0 Å². The van der Waals surface area contributed by atoms with Crippen LogP contribution in [0, 0.1) is 0 Å². The van der Waals surface area contributed by atoms with E-state index in [9.17, 15) is 20.1 Å². The highest BCUT2D eigenvalue weighted by atomic mass is 16.3. The van der Waals surface area contributed by atoms with Gasteiger partial charge in [-0.05, 0) is 38.5 Å². The number of hydrogen-bond donors (Lipinski definition) is 4. The molecule has 0 aliphatic carbocycles. The number of carbonyl (C=O) groups is 1. The van der Waals surface area contributed by atoms with Gasteiger partial charge in [0.1, 0.15) is 6.10 Å². The Morgan fingerprint density at radius 3 is 1.23 bits per heavy atom. The summed E-state index contributed by atoms with van der Waals surface area (Å²) in [6, 6.07) is -0.807. The van der Waals surface area contributed by atoms with Crippen LogP contribution < -0.4 is 5.32 Å². The molecule has 3 atom stereocenters. The second-order valence-corrected chi connectivity index (χ2v) is 14.5. The van der Waals surface area contributed by atoms with E-state index in [1.54, 1.807) is 0 Å². The molecule has 280 valence electrons. The van der Waals surface area contributed by atoms with Crippen LogP contribution in [0.4, 0.5) is 0 Å². The average Bonchev–Trinajstić information content (AvgIpc) is 3.07. The van der Waals surface area contributed by atoms with Gasteiger partial charge in [-0.1, -0.05) is 193 Å². The number of amides is 1. The van der Waals surface area contributed by atoms with Crippen molar-refractivity contribution in [1.82, 2.24) is 5.32 Å². The number of hydrogen-bond acceptors (Lipinski definition) is 4. The topological polar surface area (TPSA) is 89.8 Å². The van der Waals surface area contributed by atoms with Crippen molar-refractivity contribution in [2.24, 2.45) is 0 Å². The van der Waals surface area contributed by atoms with Crippen LogP contribution >= 0.6 is 0 Å². The molecule has 0 fully saturated rings. The molecule has 0 aromatic heterocycles. The zero-order valence-corrected chi connectivity index (χ0v) is 31.7. The summed E-state index contributed by atoms with van der Waals surface area (Å²) in [7, 11) is 0. The second-order valence-electron chi connectivity index (χ2n) is 14.5. The van der Waals surface area contributed by atoms with Crippen LogP contribution in [0.1, 0.15) is 226 Å². The fourth-order valence-electron chi connectivity index (χ4n) is 6.57. The molecule has 4 N–H and O–H groups in total. The largest absolute Gasteiger partial charge is 0.394 e. The summed E-state index contributed by atoms with van der Waals surface area (Å²) >= 11 is 0. The lowest BCUT2D eigenvalue weighted by atomic mass is 9.99. The summed E-state index contributed by atoms with van der Waals surface area (Å²) in [4.78, 5) is 12.4. The molecule has 0 saturated carbocycles. The number of rotatable bonds is 38. The van der Waals surface area contributed by atoms with Crippen molar-refractivity contribution in [1.29, 1.82) is 0 Å². The first-order chi connectivity index (χ1) is 23.1. The van der Waals surface area contributed by atoms with Crippen LogP contribution in [0.15, 0.2) is 12.2 Å². The minimum Gasteiger partial charge on any atom is -0.394 e. The Morgan fingerprint density at radius 2 is 0.851 bits per heavy atom. The molecular formula is C42H83NO4. The Bertz CT molecular complexity index is 655. The number of aliphatic hydroxyl groups is 3. The molecule has 0 aliphatic rings. The molecule has 47 heavy (non-hydrogen) atoms. The number of allylic oxidation sites excluding steroid dienone is 2. The van der Waals surface area contributed by atoms with Gasteiger partial charge in [0.25, 0.3) is 0 Å². The summed E-state index contributed by atoms with van der Waals surface area (Å²) in [6.45, 7) is 4.18. The quantitative estimate of drug-likeness (QED) is 0.0390. The smallest absolute Gasteiger partial charge is 0.220 e. The van der Waals surface area contributed by atoms with Gasteiger partial charge in [-0.15, -0.1) is 0 Å². The van der Waals surface area contributed by atoms with Gasteiger partial charge in [-0.2, -0.15) is 0 Å². The molecule has 1 amide bonds. The first kappa shape index (κ1) is 46.1. The van der Waals surface area contributed by atoms with E-state index in [1.165, 1.54) is 161 Å². The van der Waals surface area contributed by atoms with Gasteiger partial charge >= 0.3 is 0 Å². The fourth-order valence-corrected chi connectivity index (χ4v) is 6.57. The predicted octanol–water partition coefficient (Wildman–Crippen LogP) is 11.7.